The van der Waals surface area contributed by atoms with Crippen LogP contribution in [0.2, 0.25) is 0 Å². The van der Waals surface area contributed by atoms with Crippen LogP contribution >= 0.6 is 0 Å². The van der Waals surface area contributed by atoms with E-state index in [9.17, 15) is 18.3 Å². The quantitative estimate of drug-likeness (QED) is 0.534. The first-order valence-corrected chi connectivity index (χ1v) is 11.2. The number of carbonyl (C=O) groups excluding carboxylic acids is 1. The van der Waals surface area contributed by atoms with Gasteiger partial charge >= 0.3 is 5.91 Å². The third kappa shape index (κ3) is 4.29. The standard InChI is InChI=1S/C23H21N3O4S/c1-16(27)26-22(15-21(24-26)20-9-5-6-10-23(20)28)17-11-13-18(14-12-17)25-31(29,30)19-7-3-2-4-8-19/h2-14,21,24,28H,15H2,1H3/p+1. The van der Waals surface area contributed by atoms with Crippen molar-refractivity contribution in [2.75, 3.05) is 4.72 Å². The van der Waals surface area contributed by atoms with E-state index in [1.165, 1.54) is 23.7 Å². The van der Waals surface area contributed by atoms with Gasteiger partial charge in [-0.15, -0.1) is 0 Å². The maximum absolute atomic E-state index is 12.5. The van der Waals surface area contributed by atoms with Crippen LogP contribution in [0, 0.1) is 0 Å². The van der Waals surface area contributed by atoms with Crippen molar-refractivity contribution in [1.29, 1.82) is 0 Å². The Balaban J connectivity index is 1.58. The minimum Gasteiger partial charge on any atom is -0.508 e. The van der Waals surface area contributed by atoms with Gasteiger partial charge in [0.15, 0.2) is 0 Å². The number of rotatable bonds is 5. The lowest BCUT2D eigenvalue weighted by molar-refractivity contribution is -0.504. The number of hydrazine groups is 1. The number of amides is 1. The van der Waals surface area contributed by atoms with Crippen LogP contribution in [0.3, 0.4) is 0 Å². The molecule has 4 rings (SSSR count). The number of nitrogens with zero attached hydrogens (tertiary/aromatic N) is 1. The summed E-state index contributed by atoms with van der Waals surface area (Å²) in [5.74, 6) is -0.0165. The molecule has 0 spiro atoms. The van der Waals surface area contributed by atoms with Crippen LogP contribution in [0.25, 0.3) is 0 Å². The predicted octanol–water partition coefficient (Wildman–Crippen LogP) is 3.19. The van der Waals surface area contributed by atoms with Gasteiger partial charge in [0, 0.05) is 16.8 Å². The number of carbonyl (C=O) groups is 1. The van der Waals surface area contributed by atoms with Crippen LogP contribution in [0.15, 0.2) is 83.8 Å². The Morgan fingerprint density at radius 1 is 1.00 bits per heavy atom. The lowest BCUT2D eigenvalue weighted by Crippen LogP contribution is -2.32. The van der Waals surface area contributed by atoms with Gasteiger partial charge in [0.1, 0.15) is 11.8 Å². The van der Waals surface area contributed by atoms with Gasteiger partial charge in [0.2, 0.25) is 5.71 Å². The fourth-order valence-corrected chi connectivity index (χ4v) is 4.68. The number of nitrogens with one attached hydrogen (secondary N) is 2. The van der Waals surface area contributed by atoms with Crippen molar-refractivity contribution in [2.24, 2.45) is 0 Å². The van der Waals surface area contributed by atoms with Gasteiger partial charge < -0.3 is 5.11 Å². The third-order valence-electron chi connectivity index (χ3n) is 5.10. The highest BCUT2D eigenvalue weighted by Crippen LogP contribution is 2.30. The third-order valence-corrected chi connectivity index (χ3v) is 6.50. The Bertz CT molecular complexity index is 1250. The van der Waals surface area contributed by atoms with E-state index in [1.54, 1.807) is 54.6 Å². The van der Waals surface area contributed by atoms with Crippen LogP contribution in [0.5, 0.6) is 5.75 Å². The van der Waals surface area contributed by atoms with Crippen molar-refractivity contribution in [2.45, 2.75) is 24.3 Å². The molecule has 1 atom stereocenters. The van der Waals surface area contributed by atoms with E-state index in [1.807, 2.05) is 12.1 Å². The lowest BCUT2D eigenvalue weighted by atomic mass is 9.98. The fourth-order valence-electron chi connectivity index (χ4n) is 3.60. The van der Waals surface area contributed by atoms with E-state index >= 15 is 0 Å². The largest absolute Gasteiger partial charge is 0.508 e. The van der Waals surface area contributed by atoms with Crippen LogP contribution in [-0.4, -0.2) is 29.8 Å². The summed E-state index contributed by atoms with van der Waals surface area (Å²) < 4.78 is 29.1. The molecule has 8 heteroatoms. The van der Waals surface area contributed by atoms with E-state index < -0.39 is 10.0 Å². The number of benzene rings is 3. The number of hydrogen-bond donors (Lipinski definition) is 3. The van der Waals surface area contributed by atoms with Gasteiger partial charge in [-0.05, 0) is 47.1 Å². The molecular weight excluding hydrogens is 414 g/mol. The maximum atomic E-state index is 12.5. The summed E-state index contributed by atoms with van der Waals surface area (Å²) in [5.41, 5.74) is 5.80. The summed E-state index contributed by atoms with van der Waals surface area (Å²) in [6.45, 7) is 1.46. The molecule has 1 amide bonds. The van der Waals surface area contributed by atoms with Crippen molar-refractivity contribution in [3.05, 3.63) is 90.0 Å². The smallest absolute Gasteiger partial charge is 0.411 e. The molecule has 31 heavy (non-hydrogen) atoms. The number of aromatic hydroxyl groups is 1. The zero-order valence-electron chi connectivity index (χ0n) is 16.8. The van der Waals surface area contributed by atoms with E-state index in [0.717, 1.165) is 11.3 Å². The SMILES string of the molecule is CC(=O)[N+]1=C(c2ccc(NS(=O)(=O)c3ccccc3)cc2)CC(c2ccccc2O)N1. The molecule has 1 unspecified atom stereocenters. The zero-order valence-corrected chi connectivity index (χ0v) is 17.6. The van der Waals surface area contributed by atoms with Gasteiger partial charge in [0.05, 0.1) is 18.2 Å². The monoisotopic (exact) mass is 436 g/mol. The first kappa shape index (κ1) is 20.6. The van der Waals surface area contributed by atoms with E-state index in [0.29, 0.717) is 17.7 Å². The maximum Gasteiger partial charge on any atom is 0.411 e. The Labute approximate surface area is 180 Å². The summed E-state index contributed by atoms with van der Waals surface area (Å²) in [5, 5.41) is 10.2. The molecule has 0 fully saturated rings. The van der Waals surface area contributed by atoms with Gasteiger partial charge in [0.25, 0.3) is 10.0 Å². The Kier molecular flexibility index (Phi) is 5.48. The van der Waals surface area contributed by atoms with Crippen molar-refractivity contribution < 1.29 is 23.0 Å². The topological polar surface area (TPSA) is 98.5 Å². The molecule has 0 aromatic heterocycles. The Morgan fingerprint density at radius 3 is 2.29 bits per heavy atom. The number of hydrazone groups is 1. The second kappa shape index (κ2) is 8.23. The molecule has 1 heterocycles. The van der Waals surface area contributed by atoms with E-state index in [2.05, 4.69) is 10.1 Å². The molecule has 0 radical (unpaired) electrons. The van der Waals surface area contributed by atoms with Gasteiger partial charge in [-0.1, -0.05) is 36.4 Å². The van der Waals surface area contributed by atoms with Crippen LogP contribution < -0.4 is 10.1 Å². The average Bonchev–Trinajstić information content (AvgIpc) is 3.21. The Morgan fingerprint density at radius 2 is 1.65 bits per heavy atom. The molecule has 3 aromatic rings. The second-order valence-corrected chi connectivity index (χ2v) is 8.92. The number of phenols is 1. The normalized spacial score (nSPS) is 16.1. The number of sulfonamides is 1. The predicted molar refractivity (Wildman–Crippen MR) is 117 cm³/mol. The van der Waals surface area contributed by atoms with Gasteiger partial charge in [-0.3, -0.25) is 4.72 Å². The summed E-state index contributed by atoms with van der Waals surface area (Å²) in [7, 11) is -3.68. The molecule has 158 valence electrons. The van der Waals surface area contributed by atoms with Crippen LogP contribution in [0.1, 0.15) is 30.5 Å². The summed E-state index contributed by atoms with van der Waals surface area (Å²) in [6, 6.07) is 21.8. The van der Waals surface area contributed by atoms with Crippen molar-refractivity contribution >= 4 is 27.3 Å². The molecule has 0 bridgehead atoms. The summed E-state index contributed by atoms with van der Waals surface area (Å²) in [6.07, 6.45) is 0.492. The number of hydrogen-bond acceptors (Lipinski definition) is 5. The highest BCUT2D eigenvalue weighted by Gasteiger charge is 2.37. The number of para-hydroxylation sites is 1. The molecule has 3 aromatic carbocycles. The van der Waals surface area contributed by atoms with Gasteiger partial charge in [-0.25, -0.2) is 13.2 Å². The lowest BCUT2D eigenvalue weighted by Gasteiger charge is -2.09. The molecule has 1 aliphatic heterocycles. The molecule has 0 saturated heterocycles. The summed E-state index contributed by atoms with van der Waals surface area (Å²) in [4.78, 5) is 12.4. The van der Waals surface area contributed by atoms with Crippen molar-refractivity contribution in [1.82, 2.24) is 5.43 Å². The molecule has 1 aliphatic rings. The van der Waals surface area contributed by atoms with Crippen LogP contribution in [-0.2, 0) is 14.8 Å². The Hall–Kier alpha value is -3.65. The van der Waals surface area contributed by atoms with E-state index in [4.69, 9.17) is 0 Å². The number of phenolic OH excluding ortho intramolecular Hbond substituents is 1. The molecule has 0 aliphatic carbocycles. The van der Waals surface area contributed by atoms with Crippen molar-refractivity contribution in [3.63, 3.8) is 0 Å². The molecule has 7 nitrogen and oxygen atoms in total. The molecule has 0 saturated carbocycles. The summed E-state index contributed by atoms with van der Waals surface area (Å²) >= 11 is 0. The first-order chi connectivity index (χ1) is 14.8. The first-order valence-electron chi connectivity index (χ1n) is 9.74. The minimum absolute atomic E-state index is 0.162. The highest BCUT2D eigenvalue weighted by molar-refractivity contribution is 7.92. The average molecular weight is 437 g/mol. The molecular formula is C23H22N3O4S+. The second-order valence-electron chi connectivity index (χ2n) is 7.24. The molecule has 3 N–H and O–H groups in total. The van der Waals surface area contributed by atoms with Crippen LogP contribution in [0.4, 0.5) is 5.69 Å². The van der Waals surface area contributed by atoms with E-state index in [-0.39, 0.29) is 22.6 Å². The highest BCUT2D eigenvalue weighted by atomic mass is 32.2. The number of anilines is 1. The zero-order chi connectivity index (χ0) is 22.0. The fraction of sp³-hybridized carbons (Fsp3) is 0.130. The minimum atomic E-state index is -3.68. The van der Waals surface area contributed by atoms with Gasteiger partial charge in [-0.2, -0.15) is 5.43 Å². The van der Waals surface area contributed by atoms with Crippen molar-refractivity contribution in [3.8, 4) is 5.75 Å².